The summed E-state index contributed by atoms with van der Waals surface area (Å²) >= 11 is 0. The van der Waals surface area contributed by atoms with E-state index in [1.165, 1.54) is 0 Å². The zero-order valence-corrected chi connectivity index (χ0v) is 14.4. The van der Waals surface area contributed by atoms with Gasteiger partial charge in [0.25, 0.3) is 5.91 Å². The molecule has 0 spiro atoms. The van der Waals surface area contributed by atoms with Crippen molar-refractivity contribution in [3.8, 4) is 0 Å². The summed E-state index contributed by atoms with van der Waals surface area (Å²) in [6, 6.07) is 8.18. The second-order valence-corrected chi connectivity index (χ2v) is 6.25. The Kier molecular flexibility index (Phi) is 7.96. The smallest absolute Gasteiger partial charge is 0.254 e. The number of hydrogen-bond acceptors (Lipinski definition) is 3. The average molecular weight is 305 g/mol. The van der Waals surface area contributed by atoms with E-state index in [0.29, 0.717) is 0 Å². The minimum atomic E-state index is 0.0968. The molecule has 0 heterocycles. The monoisotopic (exact) mass is 305 g/mol. The van der Waals surface area contributed by atoms with Crippen molar-refractivity contribution in [2.75, 3.05) is 18.4 Å². The van der Waals surface area contributed by atoms with Gasteiger partial charge in [-0.25, -0.2) is 0 Å². The summed E-state index contributed by atoms with van der Waals surface area (Å²) in [4.78, 5) is 14.5. The minimum Gasteiger partial charge on any atom is -0.385 e. The Morgan fingerprint density at radius 1 is 1.05 bits per heavy atom. The van der Waals surface area contributed by atoms with E-state index in [-0.39, 0.29) is 18.0 Å². The minimum absolute atomic E-state index is 0.0968. The van der Waals surface area contributed by atoms with Gasteiger partial charge < -0.3 is 16.0 Å². The highest BCUT2D eigenvalue weighted by Crippen LogP contribution is 2.15. The van der Waals surface area contributed by atoms with Crippen molar-refractivity contribution in [2.24, 2.45) is 5.73 Å². The molecule has 0 bridgehead atoms. The molecule has 0 radical (unpaired) electrons. The molecule has 0 saturated heterocycles. The number of amides is 1. The molecule has 0 aliphatic rings. The van der Waals surface area contributed by atoms with Gasteiger partial charge in [-0.1, -0.05) is 6.42 Å². The van der Waals surface area contributed by atoms with Crippen molar-refractivity contribution in [3.63, 3.8) is 0 Å². The van der Waals surface area contributed by atoms with E-state index >= 15 is 0 Å². The molecule has 0 atom stereocenters. The fourth-order valence-corrected chi connectivity index (χ4v) is 2.62. The fourth-order valence-electron chi connectivity index (χ4n) is 2.62. The number of anilines is 1. The van der Waals surface area contributed by atoms with E-state index in [2.05, 4.69) is 33.0 Å². The predicted molar refractivity (Wildman–Crippen MR) is 94.3 cm³/mol. The van der Waals surface area contributed by atoms with E-state index in [9.17, 15) is 4.79 Å². The Bertz CT molecular complexity index is 432. The van der Waals surface area contributed by atoms with Crippen LogP contribution >= 0.6 is 0 Å². The maximum absolute atomic E-state index is 12.6. The largest absolute Gasteiger partial charge is 0.385 e. The Labute approximate surface area is 135 Å². The number of rotatable bonds is 9. The molecule has 3 N–H and O–H groups in total. The first kappa shape index (κ1) is 18.5. The summed E-state index contributed by atoms with van der Waals surface area (Å²) in [6.45, 7) is 9.91. The molecule has 0 fully saturated rings. The molecule has 1 rings (SSSR count). The van der Waals surface area contributed by atoms with Gasteiger partial charge >= 0.3 is 0 Å². The van der Waals surface area contributed by atoms with Crippen LogP contribution in [-0.4, -0.2) is 36.0 Å². The third-order valence-electron chi connectivity index (χ3n) is 3.69. The Balaban J connectivity index is 2.58. The molecule has 22 heavy (non-hydrogen) atoms. The van der Waals surface area contributed by atoms with Crippen LogP contribution in [0.3, 0.4) is 0 Å². The van der Waals surface area contributed by atoms with Gasteiger partial charge in [-0.2, -0.15) is 0 Å². The van der Waals surface area contributed by atoms with Crippen LogP contribution in [-0.2, 0) is 0 Å². The van der Waals surface area contributed by atoms with Crippen LogP contribution in [0.25, 0.3) is 0 Å². The molecular weight excluding hydrogens is 274 g/mol. The topological polar surface area (TPSA) is 58.4 Å². The Morgan fingerprint density at radius 3 is 2.14 bits per heavy atom. The molecule has 124 valence electrons. The lowest BCUT2D eigenvalue weighted by molar-refractivity contribution is 0.0644. The highest BCUT2D eigenvalue weighted by molar-refractivity contribution is 5.94. The first-order chi connectivity index (χ1) is 10.5. The highest BCUT2D eigenvalue weighted by atomic mass is 16.2. The lowest BCUT2D eigenvalue weighted by Gasteiger charge is -2.30. The molecule has 1 aromatic rings. The molecule has 0 saturated carbocycles. The van der Waals surface area contributed by atoms with Crippen LogP contribution < -0.4 is 11.1 Å². The molecule has 0 unspecified atom stereocenters. The van der Waals surface area contributed by atoms with Crippen LogP contribution in [0.1, 0.15) is 57.3 Å². The van der Waals surface area contributed by atoms with Crippen molar-refractivity contribution in [2.45, 2.75) is 59.0 Å². The molecular formula is C18H31N3O. The average Bonchev–Trinajstić information content (AvgIpc) is 2.47. The van der Waals surface area contributed by atoms with Crippen molar-refractivity contribution < 1.29 is 4.79 Å². The van der Waals surface area contributed by atoms with E-state index in [0.717, 1.165) is 43.6 Å². The van der Waals surface area contributed by atoms with Crippen molar-refractivity contribution >= 4 is 11.6 Å². The first-order valence-corrected chi connectivity index (χ1v) is 8.34. The maximum atomic E-state index is 12.6. The first-order valence-electron chi connectivity index (χ1n) is 8.34. The van der Waals surface area contributed by atoms with Crippen LogP contribution in [0.5, 0.6) is 0 Å². The predicted octanol–water partition coefficient (Wildman–Crippen LogP) is 3.49. The zero-order chi connectivity index (χ0) is 16.5. The SMILES string of the molecule is CC(C)N(C(=O)c1ccc(NCCCCCN)cc1)C(C)C. The van der Waals surface area contributed by atoms with Gasteiger partial charge in [-0.15, -0.1) is 0 Å². The van der Waals surface area contributed by atoms with E-state index in [1.807, 2.05) is 29.2 Å². The number of nitrogens with one attached hydrogen (secondary N) is 1. The lowest BCUT2D eigenvalue weighted by Crippen LogP contribution is -2.42. The molecule has 4 nitrogen and oxygen atoms in total. The summed E-state index contributed by atoms with van der Waals surface area (Å²) in [5.41, 5.74) is 7.28. The number of unbranched alkanes of at least 4 members (excludes halogenated alkanes) is 2. The summed E-state index contributed by atoms with van der Waals surface area (Å²) in [6.07, 6.45) is 3.35. The molecule has 1 amide bonds. The van der Waals surface area contributed by atoms with Crippen molar-refractivity contribution in [1.29, 1.82) is 0 Å². The second kappa shape index (κ2) is 9.46. The van der Waals surface area contributed by atoms with Gasteiger partial charge in [0, 0.05) is 29.9 Å². The third-order valence-corrected chi connectivity index (χ3v) is 3.69. The van der Waals surface area contributed by atoms with Crippen LogP contribution in [0, 0.1) is 0 Å². The van der Waals surface area contributed by atoms with Gasteiger partial charge in [0.15, 0.2) is 0 Å². The number of benzene rings is 1. The van der Waals surface area contributed by atoms with Crippen LogP contribution in [0.2, 0.25) is 0 Å². The number of carbonyl (C=O) groups excluding carboxylic acids is 1. The standard InChI is InChI=1S/C18H31N3O/c1-14(2)21(15(3)4)18(22)16-8-10-17(11-9-16)20-13-7-5-6-12-19/h8-11,14-15,20H,5-7,12-13,19H2,1-4H3. The van der Waals surface area contributed by atoms with Gasteiger partial charge in [-0.05, 0) is 71.3 Å². The van der Waals surface area contributed by atoms with E-state index < -0.39 is 0 Å². The molecule has 0 aromatic heterocycles. The van der Waals surface area contributed by atoms with Gasteiger partial charge in [0.2, 0.25) is 0 Å². The quantitative estimate of drug-likeness (QED) is 0.687. The van der Waals surface area contributed by atoms with Crippen molar-refractivity contribution in [3.05, 3.63) is 29.8 Å². The number of hydrogen-bond donors (Lipinski definition) is 2. The zero-order valence-electron chi connectivity index (χ0n) is 14.4. The van der Waals surface area contributed by atoms with Crippen LogP contribution in [0.15, 0.2) is 24.3 Å². The molecule has 0 aliphatic heterocycles. The van der Waals surface area contributed by atoms with Crippen molar-refractivity contribution in [1.82, 2.24) is 4.90 Å². The second-order valence-electron chi connectivity index (χ2n) is 6.25. The van der Waals surface area contributed by atoms with Gasteiger partial charge in [-0.3, -0.25) is 4.79 Å². The van der Waals surface area contributed by atoms with Crippen LogP contribution in [0.4, 0.5) is 5.69 Å². The number of nitrogens with two attached hydrogens (primary N) is 1. The Hall–Kier alpha value is -1.55. The molecule has 4 heteroatoms. The van der Waals surface area contributed by atoms with E-state index in [1.54, 1.807) is 0 Å². The summed E-state index contributed by atoms with van der Waals surface area (Å²) in [5, 5.41) is 3.38. The maximum Gasteiger partial charge on any atom is 0.254 e. The summed E-state index contributed by atoms with van der Waals surface area (Å²) in [7, 11) is 0. The third kappa shape index (κ3) is 5.68. The number of carbonyl (C=O) groups is 1. The van der Waals surface area contributed by atoms with Gasteiger partial charge in [0.1, 0.15) is 0 Å². The summed E-state index contributed by atoms with van der Waals surface area (Å²) in [5.74, 6) is 0.0968. The molecule has 0 aliphatic carbocycles. The van der Waals surface area contributed by atoms with Gasteiger partial charge in [0.05, 0.1) is 0 Å². The Morgan fingerprint density at radius 2 is 1.64 bits per heavy atom. The van der Waals surface area contributed by atoms with E-state index in [4.69, 9.17) is 5.73 Å². The fraction of sp³-hybridized carbons (Fsp3) is 0.611. The number of nitrogens with zero attached hydrogens (tertiary/aromatic N) is 1. The highest BCUT2D eigenvalue weighted by Gasteiger charge is 2.21. The normalized spacial score (nSPS) is 11.0. The lowest BCUT2D eigenvalue weighted by atomic mass is 10.1. The molecule has 1 aromatic carbocycles. The summed E-state index contributed by atoms with van der Waals surface area (Å²) < 4.78 is 0.